The average Bonchev–Trinajstić information content (AvgIpc) is 2.83. The molecule has 3 heteroatoms. The van der Waals surface area contributed by atoms with Crippen molar-refractivity contribution in [3.05, 3.63) is 21.9 Å². The van der Waals surface area contributed by atoms with Crippen LogP contribution >= 0.6 is 11.3 Å². The predicted molar refractivity (Wildman–Crippen MR) is 84.5 cm³/mol. The maximum absolute atomic E-state index is 3.51. The van der Waals surface area contributed by atoms with Gasteiger partial charge >= 0.3 is 0 Å². The Balaban J connectivity index is 1.70. The summed E-state index contributed by atoms with van der Waals surface area (Å²) in [5.74, 6) is 2.64. The maximum Gasteiger partial charge on any atom is 0.0325 e. The summed E-state index contributed by atoms with van der Waals surface area (Å²) in [4.78, 5) is 5.44. The van der Waals surface area contributed by atoms with Gasteiger partial charge in [0.15, 0.2) is 0 Å². The quantitative estimate of drug-likeness (QED) is 0.783. The average molecular weight is 280 g/mol. The molecule has 1 aliphatic carbocycles. The first-order valence-corrected chi connectivity index (χ1v) is 8.33. The van der Waals surface area contributed by atoms with E-state index in [9.17, 15) is 0 Å². The van der Waals surface area contributed by atoms with E-state index < -0.39 is 0 Å². The first-order valence-electron chi connectivity index (χ1n) is 7.51. The second-order valence-corrected chi connectivity index (χ2v) is 7.82. The molecule has 2 atom stereocenters. The van der Waals surface area contributed by atoms with Gasteiger partial charge in [-0.25, -0.2) is 0 Å². The number of thiophene rings is 1. The van der Waals surface area contributed by atoms with Gasteiger partial charge in [0.1, 0.15) is 0 Å². The van der Waals surface area contributed by atoms with Crippen LogP contribution in [0.1, 0.15) is 36.9 Å². The minimum atomic E-state index is 0.728. The van der Waals surface area contributed by atoms with E-state index in [1.54, 1.807) is 0 Å². The van der Waals surface area contributed by atoms with Crippen LogP contribution in [0.25, 0.3) is 0 Å². The fraction of sp³-hybridized carbons (Fsp3) is 0.750. The molecule has 0 bridgehead atoms. The van der Waals surface area contributed by atoms with Gasteiger partial charge in [0, 0.05) is 29.4 Å². The third-order valence-corrected chi connectivity index (χ3v) is 4.89. The highest BCUT2D eigenvalue weighted by atomic mass is 32.1. The number of hydrogen-bond acceptors (Lipinski definition) is 3. The maximum atomic E-state index is 3.51. The van der Waals surface area contributed by atoms with E-state index in [1.165, 1.54) is 22.7 Å². The van der Waals surface area contributed by atoms with Crippen molar-refractivity contribution in [3.63, 3.8) is 0 Å². The fourth-order valence-electron chi connectivity index (χ4n) is 2.47. The standard InChI is InChI=1S/C16H28N2S/c1-12(2)8-17-9-15-5-6-16(19-15)11-18(4)10-14-7-13(14)3/h5-6,12-14,17H,7-11H2,1-4H3. The summed E-state index contributed by atoms with van der Waals surface area (Å²) in [6.07, 6.45) is 1.43. The molecule has 1 aromatic rings. The van der Waals surface area contributed by atoms with Crippen molar-refractivity contribution in [2.45, 2.75) is 40.3 Å². The zero-order chi connectivity index (χ0) is 13.8. The van der Waals surface area contributed by atoms with Crippen LogP contribution in [0, 0.1) is 17.8 Å². The molecule has 0 radical (unpaired) electrons. The molecular formula is C16H28N2S. The molecule has 0 aliphatic heterocycles. The molecule has 2 unspecified atom stereocenters. The first kappa shape index (κ1) is 15.0. The summed E-state index contributed by atoms with van der Waals surface area (Å²) in [6, 6.07) is 4.57. The highest BCUT2D eigenvalue weighted by Crippen LogP contribution is 2.38. The Bertz CT molecular complexity index is 386. The van der Waals surface area contributed by atoms with Crippen molar-refractivity contribution < 1.29 is 0 Å². The first-order chi connectivity index (χ1) is 9.04. The minimum Gasteiger partial charge on any atom is -0.312 e. The van der Waals surface area contributed by atoms with Crippen molar-refractivity contribution in [2.75, 3.05) is 20.1 Å². The van der Waals surface area contributed by atoms with Gasteiger partial charge in [-0.15, -0.1) is 11.3 Å². The number of nitrogens with zero attached hydrogens (tertiary/aromatic N) is 1. The third kappa shape index (κ3) is 5.25. The van der Waals surface area contributed by atoms with Gasteiger partial charge < -0.3 is 10.2 Å². The Morgan fingerprint density at radius 2 is 2.05 bits per heavy atom. The van der Waals surface area contributed by atoms with Gasteiger partial charge in [0.2, 0.25) is 0 Å². The van der Waals surface area contributed by atoms with Gasteiger partial charge in [-0.2, -0.15) is 0 Å². The monoisotopic (exact) mass is 280 g/mol. The third-order valence-electron chi connectivity index (χ3n) is 3.82. The predicted octanol–water partition coefficient (Wildman–Crippen LogP) is 3.58. The highest BCUT2D eigenvalue weighted by molar-refractivity contribution is 7.11. The molecule has 0 aromatic carbocycles. The minimum absolute atomic E-state index is 0.728. The van der Waals surface area contributed by atoms with Crippen LogP contribution in [0.4, 0.5) is 0 Å². The largest absolute Gasteiger partial charge is 0.312 e. The van der Waals surface area contributed by atoms with Gasteiger partial charge in [0.05, 0.1) is 0 Å². The molecule has 0 spiro atoms. The summed E-state index contributed by atoms with van der Waals surface area (Å²) < 4.78 is 0. The molecular weight excluding hydrogens is 252 g/mol. The van der Waals surface area contributed by atoms with E-state index in [2.05, 4.69) is 50.2 Å². The molecule has 1 aromatic heterocycles. The van der Waals surface area contributed by atoms with E-state index in [1.807, 2.05) is 11.3 Å². The van der Waals surface area contributed by atoms with Gasteiger partial charge in [-0.3, -0.25) is 0 Å². The van der Waals surface area contributed by atoms with Crippen molar-refractivity contribution in [1.29, 1.82) is 0 Å². The summed E-state index contributed by atoms with van der Waals surface area (Å²) in [7, 11) is 2.25. The van der Waals surface area contributed by atoms with Gasteiger partial charge in [-0.1, -0.05) is 20.8 Å². The lowest BCUT2D eigenvalue weighted by Gasteiger charge is -2.15. The van der Waals surface area contributed by atoms with Crippen LogP contribution < -0.4 is 5.32 Å². The van der Waals surface area contributed by atoms with E-state index in [-0.39, 0.29) is 0 Å². The van der Waals surface area contributed by atoms with E-state index in [0.717, 1.165) is 37.4 Å². The summed E-state index contributed by atoms with van der Waals surface area (Å²) in [5.41, 5.74) is 0. The second-order valence-electron chi connectivity index (χ2n) is 6.56. The van der Waals surface area contributed by atoms with E-state index in [4.69, 9.17) is 0 Å². The Morgan fingerprint density at radius 3 is 2.68 bits per heavy atom. The van der Waals surface area contributed by atoms with E-state index >= 15 is 0 Å². The molecule has 2 rings (SSSR count). The normalized spacial score (nSPS) is 22.4. The molecule has 1 N–H and O–H groups in total. The smallest absolute Gasteiger partial charge is 0.0325 e. The van der Waals surface area contributed by atoms with Crippen molar-refractivity contribution in [2.24, 2.45) is 17.8 Å². The summed E-state index contributed by atoms with van der Waals surface area (Å²) in [5, 5.41) is 3.51. The SMILES string of the molecule is CC(C)CNCc1ccc(CN(C)CC2CC2C)s1. The van der Waals surface area contributed by atoms with Crippen LogP contribution in [0.3, 0.4) is 0 Å². The van der Waals surface area contributed by atoms with Crippen LogP contribution in [-0.4, -0.2) is 25.0 Å². The molecule has 19 heavy (non-hydrogen) atoms. The Kier molecular flexibility index (Phi) is 5.43. The molecule has 1 aliphatic rings. The molecule has 2 nitrogen and oxygen atoms in total. The Labute approximate surface area is 122 Å². The van der Waals surface area contributed by atoms with Crippen LogP contribution in [-0.2, 0) is 13.1 Å². The lowest BCUT2D eigenvalue weighted by atomic mass is 10.2. The molecule has 0 saturated heterocycles. The van der Waals surface area contributed by atoms with Gasteiger partial charge in [-0.05, 0) is 49.9 Å². The lowest BCUT2D eigenvalue weighted by molar-refractivity contribution is 0.310. The van der Waals surface area contributed by atoms with Crippen molar-refractivity contribution in [3.8, 4) is 0 Å². The van der Waals surface area contributed by atoms with E-state index in [0.29, 0.717) is 0 Å². The fourth-order valence-corrected chi connectivity index (χ4v) is 3.54. The number of hydrogen-bond donors (Lipinski definition) is 1. The topological polar surface area (TPSA) is 15.3 Å². The number of nitrogens with one attached hydrogen (secondary N) is 1. The van der Waals surface area contributed by atoms with Crippen LogP contribution in [0.2, 0.25) is 0 Å². The second kappa shape index (κ2) is 6.87. The molecule has 1 heterocycles. The Morgan fingerprint density at radius 1 is 1.37 bits per heavy atom. The summed E-state index contributed by atoms with van der Waals surface area (Å²) >= 11 is 1.96. The molecule has 1 fully saturated rings. The lowest BCUT2D eigenvalue weighted by Crippen LogP contribution is -2.20. The van der Waals surface area contributed by atoms with Crippen molar-refractivity contribution in [1.82, 2.24) is 10.2 Å². The molecule has 0 amide bonds. The zero-order valence-electron chi connectivity index (χ0n) is 12.8. The van der Waals surface area contributed by atoms with Crippen LogP contribution in [0.15, 0.2) is 12.1 Å². The van der Waals surface area contributed by atoms with Crippen LogP contribution in [0.5, 0.6) is 0 Å². The highest BCUT2D eigenvalue weighted by Gasteiger charge is 2.32. The molecule has 108 valence electrons. The zero-order valence-corrected chi connectivity index (χ0v) is 13.6. The van der Waals surface area contributed by atoms with Crippen molar-refractivity contribution >= 4 is 11.3 Å². The molecule has 1 saturated carbocycles. The summed E-state index contributed by atoms with van der Waals surface area (Å²) in [6.45, 7) is 11.4. The number of rotatable bonds is 8. The van der Waals surface area contributed by atoms with Gasteiger partial charge in [0.25, 0.3) is 0 Å². The Hall–Kier alpha value is -0.380.